The number of benzene rings is 2. The second-order valence-electron chi connectivity index (χ2n) is 6.56. The Kier molecular flexibility index (Phi) is 6.80. The van der Waals surface area contributed by atoms with Crippen molar-refractivity contribution in [3.63, 3.8) is 0 Å². The highest BCUT2D eigenvalue weighted by atomic mass is 35.5. The maximum Gasteiger partial charge on any atom is 0.251 e. The summed E-state index contributed by atoms with van der Waals surface area (Å²) in [7, 11) is 0. The van der Waals surface area contributed by atoms with E-state index in [9.17, 15) is 9.18 Å². The van der Waals surface area contributed by atoms with Crippen LogP contribution in [-0.4, -0.2) is 17.4 Å². The van der Waals surface area contributed by atoms with Crippen LogP contribution in [0.25, 0.3) is 11.1 Å². The van der Waals surface area contributed by atoms with Crippen LogP contribution in [0, 0.1) is 5.82 Å². The summed E-state index contributed by atoms with van der Waals surface area (Å²) in [5.74, 6) is -0.239. The third-order valence-corrected chi connectivity index (χ3v) is 5.20. The van der Waals surface area contributed by atoms with Crippen LogP contribution in [0.3, 0.4) is 0 Å². The number of aromatic nitrogens is 1. The molecule has 2 aromatic carbocycles. The van der Waals surface area contributed by atoms with Gasteiger partial charge in [-0.2, -0.15) is 0 Å². The third kappa shape index (κ3) is 4.66. The first-order chi connectivity index (χ1) is 14.3. The Bertz CT molecular complexity index is 1070. The van der Waals surface area contributed by atoms with Crippen molar-refractivity contribution in [3.8, 4) is 16.9 Å². The summed E-state index contributed by atoms with van der Waals surface area (Å²) in [5, 5.41) is 2.94. The quantitative estimate of drug-likeness (QED) is 0.477. The number of hydrogen-bond donors (Lipinski definition) is 2. The number of nitrogens with two attached hydrogens (primary N) is 1. The van der Waals surface area contributed by atoms with Crippen molar-refractivity contribution in [2.24, 2.45) is 0 Å². The molecule has 3 aromatic rings. The molecule has 3 N–H and O–H groups in total. The number of pyridine rings is 1. The van der Waals surface area contributed by atoms with Crippen molar-refractivity contribution in [2.75, 3.05) is 12.3 Å². The number of halogens is 3. The molecule has 1 atom stereocenters. The molecular formula is C22H20Cl2FN3O2. The Labute approximate surface area is 184 Å². The number of amides is 1. The van der Waals surface area contributed by atoms with E-state index in [-0.39, 0.29) is 21.8 Å². The molecular weight excluding hydrogens is 428 g/mol. The summed E-state index contributed by atoms with van der Waals surface area (Å²) in [4.78, 5) is 16.1. The number of ether oxygens (including phenoxy) is 1. The molecule has 0 spiro atoms. The number of carbonyl (C=O) groups is 1. The highest BCUT2D eigenvalue weighted by Crippen LogP contribution is 2.36. The molecule has 5 nitrogen and oxygen atoms in total. The smallest absolute Gasteiger partial charge is 0.251 e. The van der Waals surface area contributed by atoms with Crippen LogP contribution in [0.2, 0.25) is 10.0 Å². The highest BCUT2D eigenvalue weighted by Gasteiger charge is 2.20. The molecule has 0 aliphatic carbocycles. The van der Waals surface area contributed by atoms with Crippen LogP contribution in [0.15, 0.2) is 48.7 Å². The van der Waals surface area contributed by atoms with Crippen molar-refractivity contribution < 1.29 is 13.9 Å². The maximum atomic E-state index is 13.8. The van der Waals surface area contributed by atoms with Gasteiger partial charge >= 0.3 is 0 Å². The molecule has 156 valence electrons. The van der Waals surface area contributed by atoms with E-state index in [1.807, 2.05) is 19.1 Å². The SMILES string of the molecule is CCNC(=O)c1ccc(-c2cnc(N)c(OC(C)c3c(Cl)ccc(F)c3Cl)c2)cc1. The average Bonchev–Trinajstić information content (AvgIpc) is 2.73. The molecule has 0 aliphatic heterocycles. The van der Waals surface area contributed by atoms with Crippen LogP contribution < -0.4 is 15.8 Å². The second-order valence-corrected chi connectivity index (χ2v) is 7.35. The summed E-state index contributed by atoms with van der Waals surface area (Å²) in [5.41, 5.74) is 8.43. The molecule has 0 saturated heterocycles. The van der Waals surface area contributed by atoms with Crippen LogP contribution in [0.4, 0.5) is 10.2 Å². The van der Waals surface area contributed by atoms with E-state index in [1.54, 1.807) is 31.3 Å². The standard InChI is InChI=1S/C22H20Cl2FN3O2/c1-3-27-22(29)14-6-4-13(5-7-14)15-10-18(21(26)28-11-15)30-12(2)19-16(23)8-9-17(25)20(19)24/h4-12H,3H2,1-2H3,(H2,26,28)(H,27,29). The average molecular weight is 448 g/mol. The van der Waals surface area contributed by atoms with Gasteiger partial charge in [0.1, 0.15) is 11.9 Å². The van der Waals surface area contributed by atoms with Crippen LogP contribution >= 0.6 is 23.2 Å². The summed E-state index contributed by atoms with van der Waals surface area (Å²) in [6.45, 7) is 4.11. The second kappa shape index (κ2) is 9.32. The fraction of sp³-hybridized carbons (Fsp3) is 0.182. The van der Waals surface area contributed by atoms with E-state index in [4.69, 9.17) is 33.7 Å². The van der Waals surface area contributed by atoms with E-state index in [2.05, 4.69) is 10.3 Å². The number of nitrogens with one attached hydrogen (secondary N) is 1. The van der Waals surface area contributed by atoms with Gasteiger partial charge in [0.15, 0.2) is 11.6 Å². The zero-order chi connectivity index (χ0) is 21.8. The van der Waals surface area contributed by atoms with E-state index in [0.29, 0.717) is 23.4 Å². The lowest BCUT2D eigenvalue weighted by atomic mass is 10.0. The van der Waals surface area contributed by atoms with E-state index in [0.717, 1.165) is 11.1 Å². The molecule has 1 aromatic heterocycles. The van der Waals surface area contributed by atoms with Crippen molar-refractivity contribution >= 4 is 34.9 Å². The van der Waals surface area contributed by atoms with E-state index >= 15 is 0 Å². The van der Waals surface area contributed by atoms with Crippen LogP contribution in [-0.2, 0) is 0 Å². The minimum absolute atomic E-state index is 0.0985. The molecule has 0 aliphatic rings. The van der Waals surface area contributed by atoms with Crippen LogP contribution in [0.1, 0.15) is 35.9 Å². The molecule has 0 radical (unpaired) electrons. The minimum atomic E-state index is -0.667. The fourth-order valence-electron chi connectivity index (χ4n) is 2.95. The number of anilines is 1. The molecule has 0 saturated carbocycles. The summed E-state index contributed by atoms with van der Waals surface area (Å²) in [6, 6.07) is 11.4. The summed E-state index contributed by atoms with van der Waals surface area (Å²) >= 11 is 12.3. The molecule has 8 heteroatoms. The van der Waals surface area contributed by atoms with Gasteiger partial charge in [0.25, 0.3) is 5.91 Å². The van der Waals surface area contributed by atoms with Crippen molar-refractivity contribution in [2.45, 2.75) is 20.0 Å². The largest absolute Gasteiger partial charge is 0.482 e. The molecule has 0 fully saturated rings. The summed E-state index contributed by atoms with van der Waals surface area (Å²) < 4.78 is 19.8. The van der Waals surface area contributed by atoms with Gasteiger partial charge in [-0.3, -0.25) is 4.79 Å². The Morgan fingerprint density at radius 3 is 2.57 bits per heavy atom. The first kappa shape index (κ1) is 21.9. The van der Waals surface area contributed by atoms with Gasteiger partial charge < -0.3 is 15.8 Å². The van der Waals surface area contributed by atoms with Gasteiger partial charge in [0.2, 0.25) is 0 Å². The number of nitrogen functional groups attached to an aromatic ring is 1. The topological polar surface area (TPSA) is 77.2 Å². The lowest BCUT2D eigenvalue weighted by Crippen LogP contribution is -2.22. The van der Waals surface area contributed by atoms with Gasteiger partial charge in [0, 0.05) is 34.5 Å². The Balaban J connectivity index is 1.87. The zero-order valence-corrected chi connectivity index (χ0v) is 17.9. The molecule has 1 amide bonds. The van der Waals surface area contributed by atoms with Crippen molar-refractivity contribution in [3.05, 3.63) is 75.7 Å². The Morgan fingerprint density at radius 2 is 1.90 bits per heavy atom. The molecule has 0 bridgehead atoms. The maximum absolute atomic E-state index is 13.8. The first-order valence-corrected chi connectivity index (χ1v) is 10.0. The molecule has 3 rings (SSSR count). The Morgan fingerprint density at radius 1 is 1.20 bits per heavy atom. The lowest BCUT2D eigenvalue weighted by Gasteiger charge is -2.19. The first-order valence-electron chi connectivity index (χ1n) is 9.26. The third-order valence-electron chi connectivity index (χ3n) is 4.49. The molecule has 1 heterocycles. The number of carbonyl (C=O) groups excluding carboxylic acids is 1. The normalized spacial score (nSPS) is 11.8. The molecule has 1 unspecified atom stereocenters. The number of rotatable bonds is 6. The monoisotopic (exact) mass is 447 g/mol. The lowest BCUT2D eigenvalue weighted by molar-refractivity contribution is 0.0956. The zero-order valence-electron chi connectivity index (χ0n) is 16.4. The predicted molar refractivity (Wildman–Crippen MR) is 118 cm³/mol. The van der Waals surface area contributed by atoms with Crippen LogP contribution in [0.5, 0.6) is 5.75 Å². The summed E-state index contributed by atoms with van der Waals surface area (Å²) in [6.07, 6.45) is 0.941. The highest BCUT2D eigenvalue weighted by molar-refractivity contribution is 6.36. The Hall–Kier alpha value is -2.83. The van der Waals surface area contributed by atoms with Gasteiger partial charge in [0.05, 0.1) is 5.02 Å². The van der Waals surface area contributed by atoms with E-state index < -0.39 is 11.9 Å². The van der Waals surface area contributed by atoms with Crippen molar-refractivity contribution in [1.82, 2.24) is 10.3 Å². The minimum Gasteiger partial charge on any atom is -0.482 e. The molecule has 30 heavy (non-hydrogen) atoms. The predicted octanol–water partition coefficient (Wildman–Crippen LogP) is 5.67. The number of nitrogens with zero attached hydrogens (tertiary/aromatic N) is 1. The number of hydrogen-bond acceptors (Lipinski definition) is 4. The van der Waals surface area contributed by atoms with Gasteiger partial charge in [-0.15, -0.1) is 0 Å². The van der Waals surface area contributed by atoms with Crippen molar-refractivity contribution in [1.29, 1.82) is 0 Å². The van der Waals surface area contributed by atoms with Gasteiger partial charge in [-0.1, -0.05) is 35.3 Å². The van der Waals surface area contributed by atoms with E-state index in [1.165, 1.54) is 12.1 Å². The fourth-order valence-corrected chi connectivity index (χ4v) is 3.63. The van der Waals surface area contributed by atoms with Gasteiger partial charge in [-0.05, 0) is 49.7 Å². The van der Waals surface area contributed by atoms with Gasteiger partial charge in [-0.25, -0.2) is 9.37 Å².